The fraction of sp³-hybridized carbons (Fsp3) is 0.100. The molecule has 0 heterocycles. The molecule has 0 aromatic heterocycles. The predicted molar refractivity (Wildman–Crippen MR) is 93.6 cm³/mol. The van der Waals surface area contributed by atoms with Crippen LogP contribution in [0.1, 0.15) is 16.7 Å². The molecule has 0 nitrogen and oxygen atoms in total. The van der Waals surface area contributed by atoms with Crippen LogP contribution in [0.25, 0.3) is 22.3 Å². The molecule has 120 valence electrons. The van der Waals surface area contributed by atoms with Crippen molar-refractivity contribution in [2.75, 3.05) is 0 Å². The van der Waals surface area contributed by atoms with Gasteiger partial charge in [0.05, 0.1) is 0 Å². The Balaban J connectivity index is 1.99. The van der Waals surface area contributed by atoms with E-state index in [0.29, 0.717) is 17.5 Å². The fourth-order valence-electron chi connectivity index (χ4n) is 3.65. The molecule has 4 rings (SSSR count). The predicted octanol–water partition coefficient (Wildman–Crippen LogP) is 5.29. The molecule has 24 heavy (non-hydrogen) atoms. The Kier molecular flexibility index (Phi) is 3.39. The average molecular weight is 340 g/mol. The second-order valence-corrected chi connectivity index (χ2v) is 7.70. The van der Waals surface area contributed by atoms with Gasteiger partial charge in [-0.1, -0.05) is 60.7 Å². The molecule has 0 aliphatic heterocycles. The van der Waals surface area contributed by atoms with Gasteiger partial charge in [-0.2, -0.15) is 0 Å². The third-order valence-corrected chi connectivity index (χ3v) is 5.73. The van der Waals surface area contributed by atoms with Crippen molar-refractivity contribution in [1.82, 2.24) is 0 Å². The normalized spacial score (nSPS) is 12.8. The lowest BCUT2D eigenvalue weighted by molar-refractivity contribution is 0.501. The first-order chi connectivity index (χ1) is 11.5. The van der Waals surface area contributed by atoms with Gasteiger partial charge in [-0.15, -0.1) is 0 Å². The van der Waals surface area contributed by atoms with Gasteiger partial charge in [0.25, 0.3) is 0 Å². The van der Waals surface area contributed by atoms with Crippen molar-refractivity contribution in [3.63, 3.8) is 0 Å². The minimum atomic E-state index is -5.90. The molecule has 0 unspecified atom stereocenters. The van der Waals surface area contributed by atoms with E-state index in [4.69, 9.17) is 0 Å². The summed E-state index contributed by atoms with van der Waals surface area (Å²) < 4.78 is 41.0. The van der Waals surface area contributed by atoms with E-state index in [0.717, 1.165) is 22.3 Å². The Labute approximate surface area is 140 Å². The monoisotopic (exact) mass is 340 g/mol. The number of benzene rings is 3. The summed E-state index contributed by atoms with van der Waals surface area (Å²) in [4.78, 5) is 0. The molecule has 3 aromatic carbocycles. The maximum atomic E-state index is 13.7. The van der Waals surface area contributed by atoms with Gasteiger partial charge in [0.2, 0.25) is 0 Å². The molecule has 1 aliphatic rings. The average Bonchev–Trinajstić information content (AvgIpc) is 2.93. The molecule has 3 aromatic rings. The van der Waals surface area contributed by atoms with Crippen molar-refractivity contribution in [1.29, 1.82) is 0 Å². The van der Waals surface area contributed by atoms with E-state index in [1.807, 2.05) is 36.4 Å². The highest BCUT2D eigenvalue weighted by atomic mass is 28.5. The van der Waals surface area contributed by atoms with Gasteiger partial charge in [0.15, 0.2) is 0 Å². The smallest absolute Gasteiger partial charge is 0.234 e. The zero-order valence-corrected chi connectivity index (χ0v) is 14.1. The first-order valence-corrected chi connectivity index (χ1v) is 9.47. The molecule has 0 spiro atoms. The lowest BCUT2D eigenvalue weighted by Crippen LogP contribution is -2.36. The topological polar surface area (TPSA) is 0 Å². The van der Waals surface area contributed by atoms with Crippen molar-refractivity contribution >= 4 is 14.3 Å². The third kappa shape index (κ3) is 2.29. The standard InChI is InChI=1S/C20H15F3Si/c1-13-6-4-11-19(24(21,22)23)20(13)17-10-5-9-16-15-8-3-2-7-14(15)12-18(16)17/h2-11H,12H2,1H3. The molecule has 0 radical (unpaired) electrons. The van der Waals surface area contributed by atoms with Crippen LogP contribution in [-0.4, -0.2) is 9.08 Å². The molecule has 0 saturated carbocycles. The molecular formula is C20H15F3Si. The molecule has 4 heteroatoms. The molecule has 0 bridgehead atoms. The largest absolute Gasteiger partial charge is 0.653 e. The highest BCUT2D eigenvalue weighted by molar-refractivity contribution is 6.75. The summed E-state index contributed by atoms with van der Waals surface area (Å²) in [6.07, 6.45) is 0.689. The lowest BCUT2D eigenvalue weighted by atomic mass is 9.93. The Bertz CT molecular complexity index is 942. The summed E-state index contributed by atoms with van der Waals surface area (Å²) in [7, 11) is -5.90. The SMILES string of the molecule is Cc1cccc([Si](F)(F)F)c1-c1cccc2c1Cc1ccccc1-2. The first-order valence-electron chi connectivity index (χ1n) is 7.84. The number of halogens is 3. The highest BCUT2D eigenvalue weighted by Gasteiger charge is 2.43. The summed E-state index contributed by atoms with van der Waals surface area (Å²) in [6.45, 7) is 1.76. The zero-order valence-electron chi connectivity index (χ0n) is 13.1. The number of aryl methyl sites for hydroxylation is 1. The molecule has 0 N–H and O–H groups in total. The minimum Gasteiger partial charge on any atom is -0.234 e. The first kappa shape index (κ1) is 15.2. The third-order valence-electron chi connectivity index (χ3n) is 4.70. The van der Waals surface area contributed by atoms with E-state index in [-0.39, 0.29) is 0 Å². The number of hydrogen-bond acceptors (Lipinski definition) is 0. The van der Waals surface area contributed by atoms with Crippen molar-refractivity contribution in [3.8, 4) is 22.3 Å². The maximum absolute atomic E-state index is 13.7. The van der Waals surface area contributed by atoms with E-state index in [1.165, 1.54) is 17.7 Å². The van der Waals surface area contributed by atoms with Gasteiger partial charge in [-0.25, -0.2) is 12.3 Å². The van der Waals surface area contributed by atoms with Gasteiger partial charge in [-0.05, 0) is 52.3 Å². The van der Waals surface area contributed by atoms with Crippen LogP contribution < -0.4 is 5.19 Å². The van der Waals surface area contributed by atoms with Crippen LogP contribution in [0.5, 0.6) is 0 Å². The summed E-state index contributed by atoms with van der Waals surface area (Å²) in [5.74, 6) is 0. The summed E-state index contributed by atoms with van der Waals surface area (Å²) in [5, 5.41) is -0.424. The summed E-state index contributed by atoms with van der Waals surface area (Å²) >= 11 is 0. The van der Waals surface area contributed by atoms with Crippen molar-refractivity contribution < 1.29 is 12.3 Å². The molecule has 0 amide bonds. The van der Waals surface area contributed by atoms with E-state index >= 15 is 0 Å². The van der Waals surface area contributed by atoms with Crippen molar-refractivity contribution in [2.45, 2.75) is 13.3 Å². The van der Waals surface area contributed by atoms with Gasteiger partial charge >= 0.3 is 9.08 Å². The van der Waals surface area contributed by atoms with Crippen molar-refractivity contribution in [2.24, 2.45) is 0 Å². The van der Waals surface area contributed by atoms with Crippen LogP contribution in [0.4, 0.5) is 12.3 Å². The highest BCUT2D eigenvalue weighted by Crippen LogP contribution is 2.42. The van der Waals surface area contributed by atoms with Crippen LogP contribution in [0, 0.1) is 6.92 Å². The van der Waals surface area contributed by atoms with Gasteiger partial charge in [0.1, 0.15) is 0 Å². The van der Waals surface area contributed by atoms with Gasteiger partial charge < -0.3 is 0 Å². The molecule has 0 fully saturated rings. The Morgan fingerprint density at radius 1 is 0.750 bits per heavy atom. The molecule has 0 saturated heterocycles. The van der Waals surface area contributed by atoms with Crippen LogP contribution >= 0.6 is 0 Å². The van der Waals surface area contributed by atoms with Crippen LogP contribution in [0.3, 0.4) is 0 Å². The molecule has 0 atom stereocenters. The van der Waals surface area contributed by atoms with E-state index in [9.17, 15) is 12.3 Å². The minimum absolute atomic E-state index is 0.362. The number of rotatable bonds is 2. The summed E-state index contributed by atoms with van der Waals surface area (Å²) in [5.41, 5.74) is 6.14. The van der Waals surface area contributed by atoms with Crippen LogP contribution in [0.2, 0.25) is 0 Å². The Hall–Kier alpha value is -2.33. The Morgan fingerprint density at radius 3 is 2.21 bits per heavy atom. The molecule has 1 aliphatic carbocycles. The van der Waals surface area contributed by atoms with E-state index < -0.39 is 14.3 Å². The van der Waals surface area contributed by atoms with E-state index in [1.54, 1.807) is 13.0 Å². The molecular weight excluding hydrogens is 325 g/mol. The number of fused-ring (bicyclic) bond motifs is 3. The van der Waals surface area contributed by atoms with E-state index in [2.05, 4.69) is 6.07 Å². The maximum Gasteiger partial charge on any atom is 0.653 e. The second kappa shape index (κ2) is 5.35. The Morgan fingerprint density at radius 2 is 1.42 bits per heavy atom. The van der Waals surface area contributed by atoms with Crippen LogP contribution in [-0.2, 0) is 6.42 Å². The lowest BCUT2D eigenvalue weighted by Gasteiger charge is -2.16. The van der Waals surface area contributed by atoms with Gasteiger partial charge in [-0.3, -0.25) is 0 Å². The summed E-state index contributed by atoms with van der Waals surface area (Å²) in [6, 6.07) is 18.3. The number of hydrogen-bond donors (Lipinski definition) is 0. The van der Waals surface area contributed by atoms with Gasteiger partial charge in [0, 0.05) is 5.19 Å². The quantitative estimate of drug-likeness (QED) is 0.344. The van der Waals surface area contributed by atoms with Crippen molar-refractivity contribution in [3.05, 3.63) is 77.4 Å². The van der Waals surface area contributed by atoms with Crippen LogP contribution in [0.15, 0.2) is 60.7 Å². The zero-order chi connectivity index (χ0) is 16.9. The second-order valence-electron chi connectivity index (χ2n) is 6.16. The fourth-order valence-corrected chi connectivity index (χ4v) is 4.55.